The summed E-state index contributed by atoms with van der Waals surface area (Å²) >= 11 is 0. The Morgan fingerprint density at radius 3 is 2.96 bits per heavy atom. The van der Waals surface area contributed by atoms with Gasteiger partial charge >= 0.3 is 5.97 Å². The molecule has 0 saturated heterocycles. The van der Waals surface area contributed by atoms with E-state index in [1.807, 2.05) is 6.07 Å². The van der Waals surface area contributed by atoms with Gasteiger partial charge in [-0.2, -0.15) is 5.10 Å². The third kappa shape index (κ3) is 3.56. The molecule has 0 bridgehead atoms. The van der Waals surface area contributed by atoms with Crippen molar-refractivity contribution in [2.75, 3.05) is 6.61 Å². The van der Waals surface area contributed by atoms with Crippen LogP contribution in [0.15, 0.2) is 58.6 Å². The van der Waals surface area contributed by atoms with E-state index in [-0.39, 0.29) is 6.61 Å². The van der Waals surface area contributed by atoms with E-state index in [1.165, 1.54) is 23.5 Å². The molecule has 0 unspecified atom stereocenters. The first-order valence-electron chi connectivity index (χ1n) is 6.96. The van der Waals surface area contributed by atoms with Crippen molar-refractivity contribution in [2.24, 2.45) is 5.10 Å². The molecule has 0 fully saturated rings. The van der Waals surface area contributed by atoms with Crippen LogP contribution in [0.5, 0.6) is 0 Å². The quantitative estimate of drug-likeness (QED) is 0.409. The Morgan fingerprint density at radius 2 is 2.17 bits per heavy atom. The first kappa shape index (κ1) is 15.2. The maximum absolute atomic E-state index is 11.8. The zero-order valence-corrected chi connectivity index (χ0v) is 12.5. The lowest BCUT2D eigenvalue weighted by atomic mass is 10.1. The first-order valence-corrected chi connectivity index (χ1v) is 6.96. The van der Waals surface area contributed by atoms with Gasteiger partial charge in [0.05, 0.1) is 11.8 Å². The second kappa shape index (κ2) is 7.07. The molecule has 0 saturated carbocycles. The van der Waals surface area contributed by atoms with Gasteiger partial charge in [0.25, 0.3) is 0 Å². The number of carbonyl (C=O) groups is 1. The number of nitrogens with zero attached hydrogens (tertiary/aromatic N) is 4. The predicted molar refractivity (Wildman–Crippen MR) is 86.3 cm³/mol. The van der Waals surface area contributed by atoms with Crippen LogP contribution in [-0.4, -0.2) is 33.7 Å². The average Bonchev–Trinajstić information content (AvgIpc) is 3.29. The second-order valence-electron chi connectivity index (χ2n) is 4.65. The fourth-order valence-corrected chi connectivity index (χ4v) is 1.95. The highest BCUT2D eigenvalue weighted by Crippen LogP contribution is 2.23. The highest BCUT2D eigenvalue weighted by molar-refractivity contribution is 5.91. The number of rotatable bonds is 5. The molecule has 1 aromatic carbocycles. The molecule has 0 N–H and O–H groups in total. The molecule has 2 heterocycles. The SMILES string of the molecule is C#CCOC(=O)c1cccc(-c2ccc(C=Nn3cnnc3)o2)c1. The summed E-state index contributed by atoms with van der Waals surface area (Å²) in [5, 5.41) is 11.4. The molecule has 0 radical (unpaired) electrons. The Labute approximate surface area is 137 Å². The van der Waals surface area contributed by atoms with Crippen molar-refractivity contribution < 1.29 is 13.9 Å². The highest BCUT2D eigenvalue weighted by atomic mass is 16.5. The third-order valence-electron chi connectivity index (χ3n) is 3.02. The normalized spacial score (nSPS) is 10.6. The Bertz CT molecular complexity index is 904. The zero-order chi connectivity index (χ0) is 16.8. The topological polar surface area (TPSA) is 82.5 Å². The minimum absolute atomic E-state index is 0.0620. The molecule has 2 aromatic heterocycles. The molecule has 3 rings (SSSR count). The van der Waals surface area contributed by atoms with Gasteiger partial charge < -0.3 is 9.15 Å². The van der Waals surface area contributed by atoms with Crippen LogP contribution >= 0.6 is 0 Å². The first-order chi connectivity index (χ1) is 11.8. The van der Waals surface area contributed by atoms with Crippen LogP contribution < -0.4 is 0 Å². The third-order valence-corrected chi connectivity index (χ3v) is 3.02. The summed E-state index contributed by atoms with van der Waals surface area (Å²) in [6.45, 7) is -0.0620. The van der Waals surface area contributed by atoms with Crippen LogP contribution in [-0.2, 0) is 4.74 Å². The number of carbonyl (C=O) groups excluding carboxylic acids is 1. The second-order valence-corrected chi connectivity index (χ2v) is 4.65. The lowest BCUT2D eigenvalue weighted by Crippen LogP contribution is -2.05. The molecule has 0 spiro atoms. The van der Waals surface area contributed by atoms with Gasteiger partial charge in [-0.25, -0.2) is 9.47 Å². The fourth-order valence-electron chi connectivity index (χ4n) is 1.95. The smallest absolute Gasteiger partial charge is 0.339 e. The minimum atomic E-state index is -0.476. The summed E-state index contributed by atoms with van der Waals surface area (Å²) in [5.41, 5.74) is 1.15. The standard InChI is InChI=1S/C17H12N4O3/c1-2-8-23-17(22)14-5-3-4-13(9-14)16-7-6-15(24-16)10-20-21-11-18-19-12-21/h1,3-7,9-12H,8H2. The van der Waals surface area contributed by atoms with E-state index >= 15 is 0 Å². The molecule has 3 aromatic rings. The summed E-state index contributed by atoms with van der Waals surface area (Å²) in [4.78, 5) is 11.8. The van der Waals surface area contributed by atoms with Crippen LogP contribution in [0.25, 0.3) is 11.3 Å². The number of terminal acetylenes is 1. The number of esters is 1. The minimum Gasteiger partial charge on any atom is -0.455 e. The van der Waals surface area contributed by atoms with Gasteiger partial charge in [0, 0.05) is 5.56 Å². The summed E-state index contributed by atoms with van der Waals surface area (Å²) in [5.74, 6) is 2.94. The molecule has 0 aliphatic carbocycles. The predicted octanol–water partition coefficient (Wildman–Crippen LogP) is 2.21. The van der Waals surface area contributed by atoms with Crippen molar-refractivity contribution in [3.05, 3.63) is 60.4 Å². The Balaban J connectivity index is 1.78. The van der Waals surface area contributed by atoms with E-state index in [0.717, 1.165) is 5.56 Å². The number of ether oxygens (including phenoxy) is 1. The number of hydrogen-bond acceptors (Lipinski definition) is 6. The maximum Gasteiger partial charge on any atom is 0.339 e. The van der Waals surface area contributed by atoms with Crippen molar-refractivity contribution in [3.63, 3.8) is 0 Å². The van der Waals surface area contributed by atoms with E-state index in [2.05, 4.69) is 21.2 Å². The van der Waals surface area contributed by atoms with Crippen LogP contribution in [0.4, 0.5) is 0 Å². The van der Waals surface area contributed by atoms with Gasteiger partial charge in [-0.1, -0.05) is 18.1 Å². The van der Waals surface area contributed by atoms with E-state index in [9.17, 15) is 4.79 Å². The Kier molecular flexibility index (Phi) is 4.49. The van der Waals surface area contributed by atoms with Gasteiger partial charge in [-0.3, -0.25) is 0 Å². The lowest BCUT2D eigenvalue weighted by Gasteiger charge is -2.03. The number of furan rings is 1. The van der Waals surface area contributed by atoms with Crippen molar-refractivity contribution in [1.82, 2.24) is 14.9 Å². The van der Waals surface area contributed by atoms with E-state index in [4.69, 9.17) is 15.6 Å². The van der Waals surface area contributed by atoms with Gasteiger partial charge in [-0.15, -0.1) is 16.6 Å². The van der Waals surface area contributed by atoms with Crippen molar-refractivity contribution in [1.29, 1.82) is 0 Å². The average molecular weight is 320 g/mol. The van der Waals surface area contributed by atoms with Gasteiger partial charge in [-0.05, 0) is 24.3 Å². The molecule has 118 valence electrons. The summed E-state index contributed by atoms with van der Waals surface area (Å²) in [6.07, 6.45) is 9.55. The van der Waals surface area contributed by atoms with Crippen LogP contribution in [0.1, 0.15) is 16.1 Å². The van der Waals surface area contributed by atoms with Crippen molar-refractivity contribution in [2.45, 2.75) is 0 Å². The monoisotopic (exact) mass is 320 g/mol. The lowest BCUT2D eigenvalue weighted by molar-refractivity contribution is 0.0557. The molecule has 7 nitrogen and oxygen atoms in total. The summed E-state index contributed by atoms with van der Waals surface area (Å²) < 4.78 is 12.1. The Hall–Kier alpha value is -3.66. The summed E-state index contributed by atoms with van der Waals surface area (Å²) in [7, 11) is 0. The number of benzene rings is 1. The summed E-state index contributed by atoms with van der Waals surface area (Å²) in [6, 6.07) is 10.5. The Morgan fingerprint density at radius 1 is 1.33 bits per heavy atom. The van der Waals surface area contributed by atoms with Gasteiger partial charge in [0.15, 0.2) is 6.61 Å². The van der Waals surface area contributed by atoms with Crippen molar-refractivity contribution >= 4 is 12.2 Å². The largest absolute Gasteiger partial charge is 0.455 e. The van der Waals surface area contributed by atoms with E-state index in [1.54, 1.807) is 30.3 Å². The van der Waals surface area contributed by atoms with Crippen LogP contribution in [0, 0.1) is 12.3 Å². The molecule has 24 heavy (non-hydrogen) atoms. The van der Waals surface area contributed by atoms with E-state index in [0.29, 0.717) is 17.1 Å². The van der Waals surface area contributed by atoms with Crippen molar-refractivity contribution in [3.8, 4) is 23.7 Å². The molecule has 0 aliphatic rings. The highest BCUT2D eigenvalue weighted by Gasteiger charge is 2.10. The maximum atomic E-state index is 11.8. The van der Waals surface area contributed by atoms with Gasteiger partial charge in [0.1, 0.15) is 24.2 Å². The van der Waals surface area contributed by atoms with Crippen LogP contribution in [0.2, 0.25) is 0 Å². The zero-order valence-electron chi connectivity index (χ0n) is 12.5. The van der Waals surface area contributed by atoms with E-state index < -0.39 is 5.97 Å². The van der Waals surface area contributed by atoms with Gasteiger partial charge in [0.2, 0.25) is 0 Å². The fraction of sp³-hybridized carbons (Fsp3) is 0.0588. The molecule has 0 amide bonds. The molecule has 0 aliphatic heterocycles. The molecular formula is C17H12N4O3. The number of hydrogen-bond donors (Lipinski definition) is 0. The molecule has 0 atom stereocenters. The van der Waals surface area contributed by atoms with Crippen LogP contribution in [0.3, 0.4) is 0 Å². The molecular weight excluding hydrogens is 308 g/mol. The number of aromatic nitrogens is 3. The molecule has 7 heteroatoms.